The van der Waals surface area contributed by atoms with Gasteiger partial charge in [-0.25, -0.2) is 4.98 Å². The molecule has 0 bridgehead atoms. The van der Waals surface area contributed by atoms with E-state index in [2.05, 4.69) is 68.0 Å². The number of hydrogen-bond acceptors (Lipinski definition) is 2. The molecule has 0 radical (unpaired) electrons. The van der Waals surface area contributed by atoms with Gasteiger partial charge in [0.25, 0.3) is 5.82 Å². The molecule has 3 rings (SSSR count). The molecule has 0 amide bonds. The molecule has 3 nitrogen and oxygen atoms in total. The normalized spacial score (nSPS) is 10.9. The molecular formula is C21H25N2O+. The molecule has 0 aliphatic carbocycles. The fourth-order valence-electron chi connectivity index (χ4n) is 3.19. The molecule has 0 aliphatic heterocycles. The van der Waals surface area contributed by atoms with E-state index in [1.54, 1.807) is 7.11 Å². The quantitative estimate of drug-likeness (QED) is 0.719. The number of aromatic nitrogens is 1. The zero-order valence-electron chi connectivity index (χ0n) is 15.1. The third-order valence-corrected chi connectivity index (χ3v) is 4.50. The fourth-order valence-corrected chi connectivity index (χ4v) is 3.19. The number of aromatic amines is 1. The number of nitrogens with one attached hydrogen (secondary N) is 1. The van der Waals surface area contributed by atoms with Crippen molar-refractivity contribution in [3.8, 4) is 5.75 Å². The van der Waals surface area contributed by atoms with Crippen LogP contribution in [0.3, 0.4) is 0 Å². The fraction of sp³-hybridized carbons (Fsp3) is 0.286. The smallest absolute Gasteiger partial charge is 0.275 e. The summed E-state index contributed by atoms with van der Waals surface area (Å²) in [5, 5.41) is 1.30. The van der Waals surface area contributed by atoms with E-state index in [-0.39, 0.29) is 0 Å². The zero-order valence-corrected chi connectivity index (χ0v) is 15.1. The Hall–Kier alpha value is -2.55. The first-order valence-corrected chi connectivity index (χ1v) is 8.26. The monoisotopic (exact) mass is 321 g/mol. The lowest BCUT2D eigenvalue weighted by Gasteiger charge is -2.14. The lowest BCUT2D eigenvalue weighted by Crippen LogP contribution is -2.25. The summed E-state index contributed by atoms with van der Waals surface area (Å²) in [6, 6.07) is 14.9. The van der Waals surface area contributed by atoms with Crippen molar-refractivity contribution in [2.45, 2.75) is 27.3 Å². The molecular weight excluding hydrogens is 296 g/mol. The highest BCUT2D eigenvalue weighted by Crippen LogP contribution is 2.23. The number of benzene rings is 2. The Balaban J connectivity index is 1.93. The highest BCUT2D eigenvalue weighted by molar-refractivity contribution is 5.83. The Bertz CT molecular complexity index is 869. The zero-order chi connectivity index (χ0) is 17.3. The van der Waals surface area contributed by atoms with Crippen molar-refractivity contribution < 1.29 is 9.72 Å². The second kappa shape index (κ2) is 6.52. The largest absolute Gasteiger partial charge is 0.497 e. The number of pyridine rings is 1. The maximum absolute atomic E-state index is 5.23. The minimum Gasteiger partial charge on any atom is -0.497 e. The summed E-state index contributed by atoms with van der Waals surface area (Å²) in [5.74, 6) is 2.02. The van der Waals surface area contributed by atoms with E-state index in [1.165, 1.54) is 33.2 Å². The summed E-state index contributed by atoms with van der Waals surface area (Å²) >= 11 is 0. The number of fused-ring (bicyclic) bond motifs is 1. The molecule has 3 aromatic rings. The van der Waals surface area contributed by atoms with Gasteiger partial charge in [-0.1, -0.05) is 18.2 Å². The van der Waals surface area contributed by atoms with Gasteiger partial charge in [0.05, 0.1) is 14.2 Å². The van der Waals surface area contributed by atoms with E-state index >= 15 is 0 Å². The van der Waals surface area contributed by atoms with Crippen LogP contribution in [0.5, 0.6) is 5.75 Å². The van der Waals surface area contributed by atoms with Crippen LogP contribution < -0.4 is 14.6 Å². The van der Waals surface area contributed by atoms with Crippen molar-refractivity contribution in [1.82, 2.24) is 0 Å². The van der Waals surface area contributed by atoms with E-state index in [9.17, 15) is 0 Å². The molecule has 1 aromatic heterocycles. The van der Waals surface area contributed by atoms with Crippen molar-refractivity contribution in [1.29, 1.82) is 0 Å². The number of ether oxygens (including phenoxy) is 1. The van der Waals surface area contributed by atoms with Crippen LogP contribution in [0.25, 0.3) is 10.9 Å². The number of H-pyrrole nitrogens is 1. The van der Waals surface area contributed by atoms with Crippen LogP contribution in [0.2, 0.25) is 0 Å². The van der Waals surface area contributed by atoms with Crippen LogP contribution in [-0.2, 0) is 6.54 Å². The third-order valence-electron chi connectivity index (χ3n) is 4.50. The third kappa shape index (κ3) is 3.21. The molecule has 124 valence electrons. The van der Waals surface area contributed by atoms with Crippen LogP contribution in [0, 0.1) is 20.8 Å². The summed E-state index contributed by atoms with van der Waals surface area (Å²) < 4.78 is 5.23. The van der Waals surface area contributed by atoms with Crippen LogP contribution >= 0.6 is 0 Å². The summed E-state index contributed by atoms with van der Waals surface area (Å²) in [7, 11) is 3.81. The van der Waals surface area contributed by atoms with Gasteiger partial charge in [0, 0.05) is 11.5 Å². The van der Waals surface area contributed by atoms with Gasteiger partial charge in [0.15, 0.2) is 0 Å². The maximum Gasteiger partial charge on any atom is 0.275 e. The second-order valence-corrected chi connectivity index (χ2v) is 6.55. The average molecular weight is 321 g/mol. The number of anilines is 1. The number of hydrogen-bond donors (Lipinski definition) is 0. The maximum atomic E-state index is 5.23. The Morgan fingerprint density at radius 1 is 0.958 bits per heavy atom. The van der Waals surface area contributed by atoms with Gasteiger partial charge >= 0.3 is 0 Å². The van der Waals surface area contributed by atoms with Crippen LogP contribution in [0.1, 0.15) is 22.3 Å². The first-order chi connectivity index (χ1) is 11.5. The SMILES string of the molecule is COc1ccc(CN(C)c2cc(C)c3cc(C)cc(C)c3[nH+]2)cc1. The minimum absolute atomic E-state index is 0.844. The van der Waals surface area contributed by atoms with Crippen molar-refractivity contribution in [2.75, 3.05) is 19.1 Å². The van der Waals surface area contributed by atoms with Gasteiger partial charge in [-0.15, -0.1) is 0 Å². The molecule has 0 saturated heterocycles. The number of rotatable bonds is 4. The first kappa shape index (κ1) is 16.3. The molecule has 1 N–H and O–H groups in total. The summed E-state index contributed by atoms with van der Waals surface area (Å²) in [5.41, 5.74) is 6.36. The first-order valence-electron chi connectivity index (χ1n) is 8.26. The van der Waals surface area contributed by atoms with E-state index in [0.717, 1.165) is 18.1 Å². The highest BCUT2D eigenvalue weighted by Gasteiger charge is 2.15. The van der Waals surface area contributed by atoms with Gasteiger partial charge in [0.2, 0.25) is 0 Å². The Morgan fingerprint density at radius 3 is 2.33 bits per heavy atom. The Labute approximate surface area is 143 Å². The van der Waals surface area contributed by atoms with Crippen LogP contribution in [0.4, 0.5) is 5.82 Å². The average Bonchev–Trinajstić information content (AvgIpc) is 2.56. The number of nitrogens with zero attached hydrogens (tertiary/aromatic N) is 1. The van der Waals surface area contributed by atoms with E-state index in [4.69, 9.17) is 4.74 Å². The van der Waals surface area contributed by atoms with Crippen molar-refractivity contribution in [2.24, 2.45) is 0 Å². The Morgan fingerprint density at radius 2 is 1.67 bits per heavy atom. The van der Waals surface area contributed by atoms with Gasteiger partial charge in [-0.3, -0.25) is 4.90 Å². The standard InChI is InChI=1S/C21H24N2O/c1-14-10-16(3)21-19(11-14)15(2)12-20(22-21)23(4)13-17-6-8-18(24-5)9-7-17/h6-12H,13H2,1-5H3/p+1. The molecule has 3 heteroatoms. The Kier molecular flexibility index (Phi) is 4.43. The van der Waals surface area contributed by atoms with E-state index in [0.29, 0.717) is 0 Å². The lowest BCUT2D eigenvalue weighted by atomic mass is 10.0. The van der Waals surface area contributed by atoms with Gasteiger partial charge in [-0.2, -0.15) is 0 Å². The molecule has 0 spiro atoms. The predicted octanol–water partition coefficient (Wildman–Crippen LogP) is 4.22. The summed E-state index contributed by atoms with van der Waals surface area (Å²) in [6.07, 6.45) is 0. The van der Waals surface area contributed by atoms with Gasteiger partial charge < -0.3 is 4.74 Å². The lowest BCUT2D eigenvalue weighted by molar-refractivity contribution is -0.330. The molecule has 2 aromatic carbocycles. The number of methoxy groups -OCH3 is 1. The van der Waals surface area contributed by atoms with Gasteiger partial charge in [0.1, 0.15) is 17.8 Å². The number of aryl methyl sites for hydroxylation is 3. The molecule has 1 heterocycles. The van der Waals surface area contributed by atoms with Crippen LogP contribution in [0.15, 0.2) is 42.5 Å². The molecule has 0 unspecified atom stereocenters. The van der Waals surface area contributed by atoms with Gasteiger partial charge in [-0.05, 0) is 61.2 Å². The molecule has 0 atom stereocenters. The van der Waals surface area contributed by atoms with Crippen molar-refractivity contribution in [3.05, 3.63) is 64.7 Å². The van der Waals surface area contributed by atoms with E-state index < -0.39 is 0 Å². The predicted molar refractivity (Wildman–Crippen MR) is 99.8 cm³/mol. The van der Waals surface area contributed by atoms with Crippen molar-refractivity contribution in [3.63, 3.8) is 0 Å². The highest BCUT2D eigenvalue weighted by atomic mass is 16.5. The van der Waals surface area contributed by atoms with Crippen LogP contribution in [-0.4, -0.2) is 14.2 Å². The molecule has 0 fully saturated rings. The minimum atomic E-state index is 0.844. The molecule has 0 saturated carbocycles. The summed E-state index contributed by atoms with van der Waals surface area (Å²) in [6.45, 7) is 7.34. The van der Waals surface area contributed by atoms with E-state index in [1.807, 2.05) is 12.1 Å². The molecule has 24 heavy (non-hydrogen) atoms. The second-order valence-electron chi connectivity index (χ2n) is 6.55. The molecule has 0 aliphatic rings. The van der Waals surface area contributed by atoms with Crippen molar-refractivity contribution >= 4 is 16.7 Å². The topological polar surface area (TPSA) is 26.6 Å². The summed E-state index contributed by atoms with van der Waals surface area (Å²) in [4.78, 5) is 5.85.